The first-order valence-electron chi connectivity index (χ1n) is 10.0. The van der Waals surface area contributed by atoms with Gasteiger partial charge in [0.05, 0.1) is 16.5 Å². The van der Waals surface area contributed by atoms with Crippen LogP contribution in [-0.2, 0) is 11.3 Å². The van der Waals surface area contributed by atoms with Crippen LogP contribution < -0.4 is 5.76 Å². The Balaban J connectivity index is 1.42. The maximum absolute atomic E-state index is 12.8. The Morgan fingerprint density at radius 2 is 2.11 bits per heavy atom. The number of carbonyl (C=O) groups excluding carboxylic acids is 1. The molecule has 3 atom stereocenters. The summed E-state index contributed by atoms with van der Waals surface area (Å²) in [6, 6.07) is 4.81. The lowest BCUT2D eigenvalue weighted by Gasteiger charge is -2.33. The zero-order valence-electron chi connectivity index (χ0n) is 16.0. The Hall–Kier alpha value is -2.64. The van der Waals surface area contributed by atoms with Crippen molar-refractivity contribution < 1.29 is 14.1 Å². The average Bonchev–Trinajstić information content (AvgIpc) is 3.16. The highest BCUT2D eigenvalue weighted by atomic mass is 16.6. The average molecular weight is 387 g/mol. The molecule has 28 heavy (non-hydrogen) atoms. The van der Waals surface area contributed by atoms with Crippen molar-refractivity contribution in [3.05, 3.63) is 38.9 Å². The predicted octanol–water partition coefficient (Wildman–Crippen LogP) is 3.46. The molecule has 150 valence electrons. The number of rotatable bonds is 5. The van der Waals surface area contributed by atoms with Crippen molar-refractivity contribution in [2.24, 2.45) is 5.92 Å². The molecular formula is C20H25N3O5. The molecule has 1 saturated heterocycles. The van der Waals surface area contributed by atoms with Gasteiger partial charge in [0.1, 0.15) is 0 Å². The van der Waals surface area contributed by atoms with Crippen LogP contribution in [0.4, 0.5) is 5.69 Å². The molecular weight excluding hydrogens is 362 g/mol. The summed E-state index contributed by atoms with van der Waals surface area (Å²) < 4.78 is 6.59. The predicted molar refractivity (Wildman–Crippen MR) is 103 cm³/mol. The van der Waals surface area contributed by atoms with E-state index in [1.807, 2.05) is 0 Å². The number of oxazole rings is 1. The number of nitro groups is 1. The van der Waals surface area contributed by atoms with E-state index in [0.29, 0.717) is 42.9 Å². The van der Waals surface area contributed by atoms with Crippen LogP contribution in [0.25, 0.3) is 11.1 Å². The zero-order chi connectivity index (χ0) is 19.8. The Morgan fingerprint density at radius 3 is 2.89 bits per heavy atom. The molecule has 2 aliphatic rings. The van der Waals surface area contributed by atoms with E-state index in [2.05, 4.69) is 11.8 Å². The molecule has 8 heteroatoms. The van der Waals surface area contributed by atoms with E-state index in [-0.39, 0.29) is 17.2 Å². The van der Waals surface area contributed by atoms with Gasteiger partial charge in [-0.15, -0.1) is 0 Å². The van der Waals surface area contributed by atoms with Gasteiger partial charge in [0.15, 0.2) is 5.58 Å². The standard InChI is InChI=1S/C20H25N3O5/c1-13-11-14-5-2-3-6-16(14)22(13)19(24)7-4-10-21-17-9-8-15(23(26)27)12-18(17)28-20(21)25/h8-9,12-14,16H,2-7,10-11H2,1H3. The molecule has 2 aromatic rings. The second-order valence-electron chi connectivity index (χ2n) is 8.03. The molecule has 0 bridgehead atoms. The highest BCUT2D eigenvalue weighted by molar-refractivity contribution is 5.77. The number of hydrogen-bond donors (Lipinski definition) is 0. The van der Waals surface area contributed by atoms with Crippen LogP contribution in [-0.4, -0.2) is 32.4 Å². The first kappa shape index (κ1) is 18.7. The SMILES string of the molecule is CC1CC2CCCCC2N1C(=O)CCCn1c(=O)oc2cc([N+](=O)[O-])ccc21. The summed E-state index contributed by atoms with van der Waals surface area (Å²) in [5, 5.41) is 10.9. The van der Waals surface area contributed by atoms with Crippen molar-refractivity contribution in [1.29, 1.82) is 0 Å². The van der Waals surface area contributed by atoms with Gasteiger partial charge in [-0.25, -0.2) is 4.79 Å². The fourth-order valence-electron chi connectivity index (χ4n) is 5.04. The van der Waals surface area contributed by atoms with Gasteiger partial charge in [-0.05, 0) is 44.6 Å². The second-order valence-corrected chi connectivity index (χ2v) is 8.03. The van der Waals surface area contributed by atoms with Crippen molar-refractivity contribution in [1.82, 2.24) is 9.47 Å². The van der Waals surface area contributed by atoms with Gasteiger partial charge < -0.3 is 9.32 Å². The molecule has 0 radical (unpaired) electrons. The van der Waals surface area contributed by atoms with Crippen molar-refractivity contribution >= 4 is 22.7 Å². The number of amides is 1. The summed E-state index contributed by atoms with van der Waals surface area (Å²) in [4.78, 5) is 37.4. The van der Waals surface area contributed by atoms with Crippen LogP contribution in [0.1, 0.15) is 51.9 Å². The summed E-state index contributed by atoms with van der Waals surface area (Å²) in [7, 11) is 0. The normalized spacial score (nSPS) is 24.5. The minimum absolute atomic E-state index is 0.117. The summed E-state index contributed by atoms with van der Waals surface area (Å²) >= 11 is 0. The molecule has 2 heterocycles. The molecule has 1 aromatic heterocycles. The highest BCUT2D eigenvalue weighted by Gasteiger charge is 2.41. The first-order valence-corrected chi connectivity index (χ1v) is 10.0. The lowest BCUT2D eigenvalue weighted by Crippen LogP contribution is -2.42. The van der Waals surface area contributed by atoms with Crippen LogP contribution in [0.15, 0.2) is 27.4 Å². The number of likely N-dealkylation sites (tertiary alicyclic amines) is 1. The molecule has 1 saturated carbocycles. The maximum Gasteiger partial charge on any atom is 0.419 e. The van der Waals surface area contributed by atoms with Crippen molar-refractivity contribution in [3.8, 4) is 0 Å². The molecule has 1 amide bonds. The molecule has 0 N–H and O–H groups in total. The van der Waals surface area contributed by atoms with Crippen LogP contribution in [0.2, 0.25) is 0 Å². The quantitative estimate of drug-likeness (QED) is 0.578. The number of aromatic nitrogens is 1. The lowest BCUT2D eigenvalue weighted by molar-refractivity contribution is -0.384. The van der Waals surface area contributed by atoms with Crippen LogP contribution in [0.5, 0.6) is 0 Å². The Morgan fingerprint density at radius 1 is 1.32 bits per heavy atom. The maximum atomic E-state index is 12.8. The summed E-state index contributed by atoms with van der Waals surface area (Å²) in [6.07, 6.45) is 6.81. The zero-order valence-corrected chi connectivity index (χ0v) is 16.0. The fourth-order valence-corrected chi connectivity index (χ4v) is 5.04. The first-order chi connectivity index (χ1) is 13.5. The van der Waals surface area contributed by atoms with E-state index < -0.39 is 10.7 Å². The summed E-state index contributed by atoms with van der Waals surface area (Å²) in [5.74, 6) is 0.257. The lowest BCUT2D eigenvalue weighted by atomic mass is 9.85. The third-order valence-electron chi connectivity index (χ3n) is 6.27. The minimum Gasteiger partial charge on any atom is -0.407 e. The Kier molecular flexibility index (Phi) is 4.95. The van der Waals surface area contributed by atoms with Gasteiger partial charge >= 0.3 is 5.76 Å². The van der Waals surface area contributed by atoms with E-state index in [1.165, 1.54) is 42.0 Å². The summed E-state index contributed by atoms with van der Waals surface area (Å²) in [5.41, 5.74) is 0.599. The van der Waals surface area contributed by atoms with E-state index in [9.17, 15) is 19.7 Å². The van der Waals surface area contributed by atoms with Gasteiger partial charge in [0.2, 0.25) is 5.91 Å². The number of fused-ring (bicyclic) bond motifs is 2. The molecule has 4 rings (SSSR count). The van der Waals surface area contributed by atoms with Crippen molar-refractivity contribution in [2.75, 3.05) is 0 Å². The smallest absolute Gasteiger partial charge is 0.407 e. The molecule has 3 unspecified atom stereocenters. The number of hydrogen-bond acceptors (Lipinski definition) is 5. The molecule has 2 fully saturated rings. The van der Waals surface area contributed by atoms with Gasteiger partial charge in [-0.3, -0.25) is 19.5 Å². The molecule has 1 aromatic carbocycles. The number of nitrogens with zero attached hydrogens (tertiary/aromatic N) is 3. The molecule has 1 aliphatic carbocycles. The van der Waals surface area contributed by atoms with E-state index in [0.717, 1.165) is 12.8 Å². The van der Waals surface area contributed by atoms with Gasteiger partial charge in [0.25, 0.3) is 5.69 Å². The third kappa shape index (κ3) is 3.31. The van der Waals surface area contributed by atoms with Gasteiger partial charge in [0, 0.05) is 31.1 Å². The number of benzene rings is 1. The van der Waals surface area contributed by atoms with Crippen LogP contribution in [0, 0.1) is 16.0 Å². The molecule has 0 spiro atoms. The van der Waals surface area contributed by atoms with Crippen LogP contribution >= 0.6 is 0 Å². The second kappa shape index (κ2) is 7.41. The van der Waals surface area contributed by atoms with E-state index in [1.54, 1.807) is 0 Å². The Bertz CT molecular complexity index is 962. The van der Waals surface area contributed by atoms with Gasteiger partial charge in [-0.1, -0.05) is 12.8 Å². The Labute approximate surface area is 162 Å². The van der Waals surface area contributed by atoms with Gasteiger partial charge in [-0.2, -0.15) is 0 Å². The molecule has 8 nitrogen and oxygen atoms in total. The minimum atomic E-state index is -0.551. The van der Waals surface area contributed by atoms with Crippen molar-refractivity contribution in [2.45, 2.75) is 70.5 Å². The largest absolute Gasteiger partial charge is 0.419 e. The van der Waals surface area contributed by atoms with E-state index in [4.69, 9.17) is 4.42 Å². The number of carbonyl (C=O) groups is 1. The third-order valence-corrected chi connectivity index (χ3v) is 6.27. The van der Waals surface area contributed by atoms with E-state index >= 15 is 0 Å². The number of nitro benzene ring substituents is 1. The number of non-ortho nitro benzene ring substituents is 1. The monoisotopic (exact) mass is 387 g/mol. The summed E-state index contributed by atoms with van der Waals surface area (Å²) in [6.45, 7) is 2.49. The highest BCUT2D eigenvalue weighted by Crippen LogP contribution is 2.39. The fraction of sp³-hybridized carbons (Fsp3) is 0.600. The van der Waals surface area contributed by atoms with Crippen molar-refractivity contribution in [3.63, 3.8) is 0 Å². The topological polar surface area (TPSA) is 98.6 Å². The number of aryl methyl sites for hydroxylation is 1. The van der Waals surface area contributed by atoms with Crippen LogP contribution in [0.3, 0.4) is 0 Å². The molecule has 1 aliphatic heterocycles.